The van der Waals surface area contributed by atoms with Crippen molar-refractivity contribution in [1.29, 1.82) is 0 Å². The summed E-state index contributed by atoms with van der Waals surface area (Å²) in [6.07, 6.45) is -0.506. The first-order chi connectivity index (χ1) is 16.4. The van der Waals surface area contributed by atoms with Gasteiger partial charge >= 0.3 is 0 Å². The van der Waals surface area contributed by atoms with Crippen LogP contribution < -0.4 is 4.74 Å². The SMILES string of the molecule is COc1ccc(CN2CC(OCc3ccccc3F)CN(C(=O)c3cc(C)[nH]n3)CC2=O)cc1. The van der Waals surface area contributed by atoms with E-state index >= 15 is 0 Å². The molecule has 1 fully saturated rings. The lowest BCUT2D eigenvalue weighted by Gasteiger charge is -2.25. The number of aromatic amines is 1. The summed E-state index contributed by atoms with van der Waals surface area (Å²) in [5.74, 6) is -0.192. The van der Waals surface area contributed by atoms with E-state index in [9.17, 15) is 14.0 Å². The maximum Gasteiger partial charge on any atom is 0.274 e. The van der Waals surface area contributed by atoms with Crippen molar-refractivity contribution in [2.24, 2.45) is 0 Å². The number of carbonyl (C=O) groups excluding carboxylic acids is 2. The highest BCUT2D eigenvalue weighted by Gasteiger charge is 2.32. The van der Waals surface area contributed by atoms with Crippen molar-refractivity contribution in [3.63, 3.8) is 0 Å². The Balaban J connectivity index is 1.53. The van der Waals surface area contributed by atoms with Gasteiger partial charge in [-0.1, -0.05) is 30.3 Å². The van der Waals surface area contributed by atoms with E-state index in [1.54, 1.807) is 43.2 Å². The van der Waals surface area contributed by atoms with E-state index in [0.717, 1.165) is 17.0 Å². The predicted molar refractivity (Wildman–Crippen MR) is 123 cm³/mol. The van der Waals surface area contributed by atoms with Gasteiger partial charge in [-0.25, -0.2) is 4.39 Å². The Morgan fingerprint density at radius 1 is 1.18 bits per heavy atom. The van der Waals surface area contributed by atoms with Crippen LogP contribution in [0.25, 0.3) is 0 Å². The van der Waals surface area contributed by atoms with Gasteiger partial charge in [0.25, 0.3) is 5.91 Å². The molecule has 0 spiro atoms. The first kappa shape index (κ1) is 23.4. The number of ether oxygens (including phenoxy) is 2. The molecule has 2 amide bonds. The van der Waals surface area contributed by atoms with Crippen molar-refractivity contribution in [1.82, 2.24) is 20.0 Å². The molecule has 1 saturated heterocycles. The van der Waals surface area contributed by atoms with Crippen molar-refractivity contribution in [2.75, 3.05) is 26.7 Å². The van der Waals surface area contributed by atoms with E-state index in [2.05, 4.69) is 10.2 Å². The number of hydrogen-bond donors (Lipinski definition) is 1. The van der Waals surface area contributed by atoms with E-state index in [1.165, 1.54) is 11.0 Å². The summed E-state index contributed by atoms with van der Waals surface area (Å²) in [5.41, 5.74) is 2.32. The van der Waals surface area contributed by atoms with Gasteiger partial charge in [-0.2, -0.15) is 5.10 Å². The lowest BCUT2D eigenvalue weighted by atomic mass is 10.2. The molecule has 34 heavy (non-hydrogen) atoms. The van der Waals surface area contributed by atoms with E-state index in [4.69, 9.17) is 9.47 Å². The molecule has 3 aromatic rings. The Morgan fingerprint density at radius 3 is 2.62 bits per heavy atom. The van der Waals surface area contributed by atoms with Crippen LogP contribution in [0.3, 0.4) is 0 Å². The third-order valence-corrected chi connectivity index (χ3v) is 5.70. The number of rotatable bonds is 7. The van der Waals surface area contributed by atoms with Gasteiger partial charge in [0.05, 0.1) is 19.8 Å². The zero-order valence-electron chi connectivity index (χ0n) is 19.2. The number of amides is 2. The average Bonchev–Trinajstić information content (AvgIpc) is 3.21. The van der Waals surface area contributed by atoms with Gasteiger partial charge in [-0.15, -0.1) is 0 Å². The highest BCUT2D eigenvalue weighted by atomic mass is 19.1. The summed E-state index contributed by atoms with van der Waals surface area (Å²) in [4.78, 5) is 29.3. The Morgan fingerprint density at radius 2 is 1.94 bits per heavy atom. The summed E-state index contributed by atoms with van der Waals surface area (Å²) >= 11 is 0. The molecule has 9 heteroatoms. The molecule has 0 aliphatic carbocycles. The number of H-pyrrole nitrogens is 1. The number of methoxy groups -OCH3 is 1. The zero-order chi connectivity index (χ0) is 24.1. The largest absolute Gasteiger partial charge is 0.497 e. The van der Waals surface area contributed by atoms with Crippen LogP contribution in [-0.4, -0.2) is 64.7 Å². The van der Waals surface area contributed by atoms with Crippen molar-refractivity contribution < 1.29 is 23.5 Å². The zero-order valence-corrected chi connectivity index (χ0v) is 19.2. The van der Waals surface area contributed by atoms with Crippen LogP contribution in [0, 0.1) is 12.7 Å². The molecule has 0 bridgehead atoms. The Kier molecular flexibility index (Phi) is 7.22. The summed E-state index contributed by atoms with van der Waals surface area (Å²) in [6, 6.07) is 15.5. The minimum atomic E-state index is -0.506. The highest BCUT2D eigenvalue weighted by Crippen LogP contribution is 2.18. The van der Waals surface area contributed by atoms with Crippen LogP contribution in [0.4, 0.5) is 4.39 Å². The number of nitrogens with zero attached hydrogens (tertiary/aromatic N) is 3. The predicted octanol–water partition coefficient (Wildman–Crippen LogP) is 2.94. The molecule has 8 nitrogen and oxygen atoms in total. The molecule has 1 unspecified atom stereocenters. The van der Waals surface area contributed by atoms with Crippen molar-refractivity contribution in [3.8, 4) is 5.75 Å². The van der Waals surface area contributed by atoms with Crippen LogP contribution in [-0.2, 0) is 22.7 Å². The molecule has 1 N–H and O–H groups in total. The number of nitrogens with one attached hydrogen (secondary N) is 1. The second-order valence-corrected chi connectivity index (χ2v) is 8.27. The van der Waals surface area contributed by atoms with Crippen LogP contribution in [0.5, 0.6) is 5.75 Å². The fourth-order valence-electron chi connectivity index (χ4n) is 3.86. The summed E-state index contributed by atoms with van der Waals surface area (Å²) in [5, 5.41) is 6.79. The van der Waals surface area contributed by atoms with E-state index < -0.39 is 6.10 Å². The van der Waals surface area contributed by atoms with Gasteiger partial charge < -0.3 is 19.3 Å². The number of halogens is 1. The molecule has 0 saturated carbocycles. The summed E-state index contributed by atoms with van der Waals surface area (Å²) < 4.78 is 25.3. The molecular formula is C25H27FN4O4. The Labute approximate surface area is 197 Å². The molecule has 1 atom stereocenters. The number of hydrogen-bond acceptors (Lipinski definition) is 5. The third kappa shape index (κ3) is 5.60. The normalized spacial score (nSPS) is 16.4. The number of benzene rings is 2. The minimum absolute atomic E-state index is 0.0332. The van der Waals surface area contributed by atoms with Gasteiger partial charge in [0, 0.05) is 30.9 Å². The third-order valence-electron chi connectivity index (χ3n) is 5.70. The lowest BCUT2D eigenvalue weighted by Crippen LogP contribution is -2.39. The molecular weight excluding hydrogens is 439 g/mol. The topological polar surface area (TPSA) is 87.8 Å². The minimum Gasteiger partial charge on any atom is -0.497 e. The maximum atomic E-state index is 14.1. The first-order valence-corrected chi connectivity index (χ1v) is 11.0. The van der Waals surface area contributed by atoms with Crippen LogP contribution in [0.2, 0.25) is 0 Å². The molecule has 1 aliphatic heterocycles. The number of aromatic nitrogens is 2. The second-order valence-electron chi connectivity index (χ2n) is 8.27. The molecule has 178 valence electrons. The standard InChI is InChI=1S/C25H27FN4O4/c1-17-11-23(28-27-17)25(32)30-14-21(34-16-19-5-3-4-6-22(19)26)13-29(24(31)15-30)12-18-7-9-20(33-2)10-8-18/h3-11,21H,12-16H2,1-2H3,(H,27,28). The molecule has 0 radical (unpaired) electrons. The Bertz CT molecular complexity index is 1150. The van der Waals surface area contributed by atoms with E-state index in [0.29, 0.717) is 12.1 Å². The van der Waals surface area contributed by atoms with Crippen LogP contribution in [0.15, 0.2) is 54.6 Å². The van der Waals surface area contributed by atoms with Gasteiger partial charge in [0.15, 0.2) is 0 Å². The smallest absolute Gasteiger partial charge is 0.274 e. The van der Waals surface area contributed by atoms with Gasteiger partial charge in [-0.3, -0.25) is 14.7 Å². The van der Waals surface area contributed by atoms with Gasteiger partial charge in [-0.05, 0) is 36.8 Å². The highest BCUT2D eigenvalue weighted by molar-refractivity contribution is 5.95. The van der Waals surface area contributed by atoms with E-state index in [1.807, 2.05) is 24.3 Å². The molecule has 4 rings (SSSR count). The van der Waals surface area contributed by atoms with Crippen molar-refractivity contribution >= 4 is 11.8 Å². The fraction of sp³-hybridized carbons (Fsp3) is 0.320. The summed E-state index contributed by atoms with van der Waals surface area (Å²) in [7, 11) is 1.59. The average molecular weight is 467 g/mol. The maximum absolute atomic E-state index is 14.1. The molecule has 1 aliphatic rings. The first-order valence-electron chi connectivity index (χ1n) is 11.0. The Hall–Kier alpha value is -3.72. The van der Waals surface area contributed by atoms with Gasteiger partial charge in [0.2, 0.25) is 5.91 Å². The molecule has 2 aromatic carbocycles. The molecule has 1 aromatic heterocycles. The summed E-state index contributed by atoms with van der Waals surface area (Å²) in [6.45, 7) is 2.54. The quantitative estimate of drug-likeness (QED) is 0.579. The van der Waals surface area contributed by atoms with E-state index in [-0.39, 0.29) is 49.6 Å². The van der Waals surface area contributed by atoms with Crippen molar-refractivity contribution in [2.45, 2.75) is 26.2 Å². The lowest BCUT2D eigenvalue weighted by molar-refractivity contribution is -0.132. The number of carbonyl (C=O) groups is 2. The monoisotopic (exact) mass is 466 g/mol. The van der Waals surface area contributed by atoms with Crippen LogP contribution in [0.1, 0.15) is 27.3 Å². The van der Waals surface area contributed by atoms with Crippen molar-refractivity contribution in [3.05, 3.63) is 82.9 Å². The fourth-order valence-corrected chi connectivity index (χ4v) is 3.86. The molecule has 2 heterocycles. The number of aryl methyl sites for hydroxylation is 1. The second kappa shape index (κ2) is 10.5. The van der Waals surface area contributed by atoms with Crippen LogP contribution >= 0.6 is 0 Å². The van der Waals surface area contributed by atoms with Gasteiger partial charge in [0.1, 0.15) is 23.8 Å².